The molecule has 0 bridgehead atoms. The number of rotatable bonds is 10. The SMILES string of the molecule is CCC[C@@H](C(=O)O)N(C[C@@H](NC(=O)OC(C)(C)C)[C@@H](C)CC)C(=O)c1ccccc1. The highest BCUT2D eigenvalue weighted by Gasteiger charge is 2.34. The summed E-state index contributed by atoms with van der Waals surface area (Å²) in [4.78, 5) is 39.0. The molecule has 0 saturated heterocycles. The maximum Gasteiger partial charge on any atom is 0.407 e. The van der Waals surface area contributed by atoms with Crippen LogP contribution in [0.25, 0.3) is 0 Å². The molecule has 7 heteroatoms. The van der Waals surface area contributed by atoms with Gasteiger partial charge in [-0.1, -0.05) is 51.8 Å². The van der Waals surface area contributed by atoms with E-state index in [-0.39, 0.29) is 18.4 Å². The molecule has 0 saturated carbocycles. The Hall–Kier alpha value is -2.57. The molecule has 2 N–H and O–H groups in total. The lowest BCUT2D eigenvalue weighted by Gasteiger charge is -2.35. The van der Waals surface area contributed by atoms with Gasteiger partial charge < -0.3 is 20.1 Å². The third-order valence-corrected chi connectivity index (χ3v) is 4.93. The molecule has 1 aromatic carbocycles. The Kier molecular flexibility index (Phi) is 9.82. The van der Waals surface area contributed by atoms with E-state index in [0.29, 0.717) is 18.4 Å². The van der Waals surface area contributed by atoms with Gasteiger partial charge in [-0.3, -0.25) is 4.79 Å². The normalized spacial score (nSPS) is 14.3. The highest BCUT2D eigenvalue weighted by Crippen LogP contribution is 2.18. The van der Waals surface area contributed by atoms with Crippen molar-refractivity contribution in [3.8, 4) is 0 Å². The summed E-state index contributed by atoms with van der Waals surface area (Å²) < 4.78 is 5.38. The Morgan fingerprint density at radius 3 is 2.20 bits per heavy atom. The van der Waals surface area contributed by atoms with Crippen molar-refractivity contribution in [2.45, 2.75) is 78.5 Å². The van der Waals surface area contributed by atoms with Crippen molar-refractivity contribution in [3.05, 3.63) is 35.9 Å². The lowest BCUT2D eigenvalue weighted by molar-refractivity contribution is -0.142. The van der Waals surface area contributed by atoms with E-state index in [1.165, 1.54) is 4.90 Å². The minimum atomic E-state index is -1.05. The molecule has 7 nitrogen and oxygen atoms in total. The number of hydrogen-bond acceptors (Lipinski definition) is 4. The first-order chi connectivity index (χ1) is 14.0. The number of carboxylic acids is 1. The van der Waals surface area contributed by atoms with Crippen molar-refractivity contribution < 1.29 is 24.2 Å². The Bertz CT molecular complexity index is 699. The molecule has 1 aromatic rings. The Morgan fingerprint density at radius 2 is 1.73 bits per heavy atom. The van der Waals surface area contributed by atoms with Gasteiger partial charge in [0.1, 0.15) is 11.6 Å². The second kappa shape index (κ2) is 11.6. The van der Waals surface area contributed by atoms with Crippen LogP contribution < -0.4 is 5.32 Å². The molecule has 0 aromatic heterocycles. The predicted octanol–water partition coefficient (Wildman–Crippen LogP) is 4.32. The van der Waals surface area contributed by atoms with Gasteiger partial charge in [0.2, 0.25) is 0 Å². The van der Waals surface area contributed by atoms with E-state index in [2.05, 4.69) is 5.32 Å². The Morgan fingerprint density at radius 1 is 1.13 bits per heavy atom. The lowest BCUT2D eigenvalue weighted by Crippen LogP contribution is -2.54. The van der Waals surface area contributed by atoms with Crippen LogP contribution in [0, 0.1) is 5.92 Å². The summed E-state index contributed by atoms with van der Waals surface area (Å²) in [6.45, 7) is 11.2. The van der Waals surface area contributed by atoms with Crippen molar-refractivity contribution in [1.29, 1.82) is 0 Å². The average molecular weight is 421 g/mol. The van der Waals surface area contributed by atoms with Crippen molar-refractivity contribution >= 4 is 18.0 Å². The first-order valence-electron chi connectivity index (χ1n) is 10.6. The minimum Gasteiger partial charge on any atom is -0.480 e. The Balaban J connectivity index is 3.22. The van der Waals surface area contributed by atoms with Gasteiger partial charge in [0.15, 0.2) is 0 Å². The third-order valence-electron chi connectivity index (χ3n) is 4.93. The molecular formula is C23H36N2O5. The van der Waals surface area contributed by atoms with E-state index in [0.717, 1.165) is 6.42 Å². The van der Waals surface area contributed by atoms with Gasteiger partial charge in [0.05, 0.1) is 6.04 Å². The number of ether oxygens (including phenoxy) is 1. The minimum absolute atomic E-state index is 0.0136. The summed E-state index contributed by atoms with van der Waals surface area (Å²) >= 11 is 0. The fourth-order valence-corrected chi connectivity index (χ4v) is 3.11. The van der Waals surface area contributed by atoms with E-state index in [1.807, 2.05) is 20.8 Å². The number of benzene rings is 1. The van der Waals surface area contributed by atoms with Gasteiger partial charge >= 0.3 is 12.1 Å². The smallest absolute Gasteiger partial charge is 0.407 e. The molecule has 0 unspecified atom stereocenters. The number of carbonyl (C=O) groups excluding carboxylic acids is 2. The monoisotopic (exact) mass is 420 g/mol. The molecule has 168 valence electrons. The second-order valence-electron chi connectivity index (χ2n) is 8.60. The second-order valence-corrected chi connectivity index (χ2v) is 8.60. The largest absolute Gasteiger partial charge is 0.480 e. The number of amides is 2. The van der Waals surface area contributed by atoms with Crippen LogP contribution >= 0.6 is 0 Å². The van der Waals surface area contributed by atoms with Gasteiger partial charge in [-0.15, -0.1) is 0 Å². The third kappa shape index (κ3) is 8.05. The zero-order valence-corrected chi connectivity index (χ0v) is 19.0. The highest BCUT2D eigenvalue weighted by molar-refractivity contribution is 5.96. The van der Waals surface area contributed by atoms with Crippen LogP contribution in [0.15, 0.2) is 30.3 Å². The van der Waals surface area contributed by atoms with Gasteiger partial charge in [-0.05, 0) is 45.2 Å². The number of nitrogens with one attached hydrogen (secondary N) is 1. The summed E-state index contributed by atoms with van der Waals surface area (Å²) in [7, 11) is 0. The summed E-state index contributed by atoms with van der Waals surface area (Å²) in [5, 5.41) is 12.7. The summed E-state index contributed by atoms with van der Waals surface area (Å²) in [5.41, 5.74) is -0.241. The fourth-order valence-electron chi connectivity index (χ4n) is 3.11. The maximum absolute atomic E-state index is 13.2. The van der Waals surface area contributed by atoms with Crippen LogP contribution in [0.3, 0.4) is 0 Å². The zero-order valence-electron chi connectivity index (χ0n) is 19.0. The van der Waals surface area contributed by atoms with E-state index in [9.17, 15) is 19.5 Å². The molecule has 0 aliphatic rings. The number of hydrogen-bond donors (Lipinski definition) is 2. The van der Waals surface area contributed by atoms with Crippen LogP contribution in [0.1, 0.15) is 71.2 Å². The number of carbonyl (C=O) groups is 3. The first-order valence-corrected chi connectivity index (χ1v) is 10.6. The van der Waals surface area contributed by atoms with E-state index in [1.54, 1.807) is 51.1 Å². The highest BCUT2D eigenvalue weighted by atomic mass is 16.6. The van der Waals surface area contributed by atoms with Crippen LogP contribution in [0.4, 0.5) is 4.79 Å². The zero-order chi connectivity index (χ0) is 22.9. The molecule has 3 atom stereocenters. The van der Waals surface area contributed by atoms with Crippen LogP contribution in [0.2, 0.25) is 0 Å². The quantitative estimate of drug-likeness (QED) is 0.588. The molecule has 0 heterocycles. The fraction of sp³-hybridized carbons (Fsp3) is 0.609. The molecular weight excluding hydrogens is 384 g/mol. The van der Waals surface area contributed by atoms with Gasteiger partial charge in [0.25, 0.3) is 5.91 Å². The maximum atomic E-state index is 13.2. The topological polar surface area (TPSA) is 95.9 Å². The van der Waals surface area contributed by atoms with E-state index >= 15 is 0 Å². The molecule has 0 spiro atoms. The van der Waals surface area contributed by atoms with Crippen LogP contribution in [-0.2, 0) is 9.53 Å². The molecule has 30 heavy (non-hydrogen) atoms. The number of nitrogens with zero attached hydrogens (tertiary/aromatic N) is 1. The van der Waals surface area contributed by atoms with Crippen molar-refractivity contribution in [1.82, 2.24) is 10.2 Å². The molecule has 0 aliphatic heterocycles. The summed E-state index contributed by atoms with van der Waals surface area (Å²) in [5.74, 6) is -1.41. The van der Waals surface area contributed by atoms with E-state index in [4.69, 9.17) is 4.74 Å². The van der Waals surface area contributed by atoms with Gasteiger partial charge in [-0.2, -0.15) is 0 Å². The molecule has 0 radical (unpaired) electrons. The molecule has 2 amide bonds. The summed E-state index contributed by atoms with van der Waals surface area (Å²) in [6.07, 6.45) is 1.11. The molecule has 1 rings (SSSR count). The van der Waals surface area contributed by atoms with Gasteiger partial charge in [0, 0.05) is 12.1 Å². The number of alkyl carbamates (subject to hydrolysis) is 1. The number of aliphatic carboxylic acids is 1. The van der Waals surface area contributed by atoms with E-state index < -0.39 is 29.7 Å². The van der Waals surface area contributed by atoms with Crippen molar-refractivity contribution in [2.24, 2.45) is 5.92 Å². The number of carboxylic acid groups (broad SMARTS) is 1. The molecule has 0 aliphatic carbocycles. The van der Waals surface area contributed by atoms with Gasteiger partial charge in [-0.25, -0.2) is 9.59 Å². The molecule has 0 fully saturated rings. The first kappa shape index (κ1) is 25.5. The Labute approximate surface area is 179 Å². The lowest BCUT2D eigenvalue weighted by atomic mass is 9.97. The van der Waals surface area contributed by atoms with Crippen LogP contribution in [0.5, 0.6) is 0 Å². The standard InChI is InChI=1S/C23H36N2O5/c1-7-12-19(21(27)28)25(20(26)17-13-10-9-11-14-17)15-18(16(3)8-2)24-22(29)30-23(4,5)6/h9-11,13-14,16,18-19H,7-8,12,15H2,1-6H3,(H,24,29)(H,27,28)/t16-,18+,19-/m0/s1. The van der Waals surface area contributed by atoms with Crippen molar-refractivity contribution in [2.75, 3.05) is 6.54 Å². The van der Waals surface area contributed by atoms with Crippen molar-refractivity contribution in [3.63, 3.8) is 0 Å². The van der Waals surface area contributed by atoms with Crippen LogP contribution in [-0.4, -0.2) is 52.2 Å². The average Bonchev–Trinajstić information content (AvgIpc) is 2.67. The predicted molar refractivity (Wildman–Crippen MR) is 116 cm³/mol. The summed E-state index contributed by atoms with van der Waals surface area (Å²) in [6, 6.07) is 7.19.